The summed E-state index contributed by atoms with van der Waals surface area (Å²) in [6.07, 6.45) is 0. The minimum atomic E-state index is -1.09. The van der Waals surface area contributed by atoms with Crippen molar-refractivity contribution < 1.29 is 19.5 Å². The first kappa shape index (κ1) is 33.8. The standard InChI is InChI=1S/C40H35N5O4S2/c1-23-36(50-24(2)41-23)31-19-16-27-20-28(17-18-30(27)42-31)34-33(25-12-8-6-9-13-25)38-35(45(34)22-32(46)43(3)4)29(37(51-38)40(48)49)21-44(5)39(47)26-14-10-7-11-15-26/h6-20H,21-22H2,1-5H3,(H,48,49). The summed E-state index contributed by atoms with van der Waals surface area (Å²) in [5.74, 6) is -1.48. The molecule has 0 fully saturated rings. The Bertz CT molecular complexity index is 2460. The summed E-state index contributed by atoms with van der Waals surface area (Å²) in [6.45, 7) is 3.98. The minimum absolute atomic E-state index is 0.0318. The van der Waals surface area contributed by atoms with E-state index in [1.54, 1.807) is 56.7 Å². The molecule has 0 radical (unpaired) electrons. The van der Waals surface area contributed by atoms with E-state index in [2.05, 4.69) is 17.1 Å². The number of amides is 2. The van der Waals surface area contributed by atoms with Crippen LogP contribution in [0.1, 0.15) is 36.3 Å². The van der Waals surface area contributed by atoms with Gasteiger partial charge in [-0.15, -0.1) is 22.7 Å². The fourth-order valence-corrected chi connectivity index (χ4v) is 8.58. The van der Waals surface area contributed by atoms with Gasteiger partial charge in [-0.1, -0.05) is 60.7 Å². The highest BCUT2D eigenvalue weighted by Crippen LogP contribution is 2.47. The van der Waals surface area contributed by atoms with E-state index in [0.717, 1.165) is 59.3 Å². The molecule has 0 aliphatic rings. The van der Waals surface area contributed by atoms with E-state index < -0.39 is 5.97 Å². The van der Waals surface area contributed by atoms with E-state index in [-0.39, 0.29) is 29.8 Å². The molecule has 0 spiro atoms. The molecule has 3 aromatic carbocycles. The van der Waals surface area contributed by atoms with Gasteiger partial charge in [-0.25, -0.2) is 14.8 Å². The van der Waals surface area contributed by atoms with E-state index in [9.17, 15) is 19.5 Å². The van der Waals surface area contributed by atoms with Gasteiger partial charge in [-0.05, 0) is 55.3 Å². The number of aryl methyl sites for hydroxylation is 2. The average Bonchev–Trinajstić information content (AvgIpc) is 3.77. The number of carbonyl (C=O) groups is 3. The van der Waals surface area contributed by atoms with Gasteiger partial charge in [-0.3, -0.25) is 9.59 Å². The molecule has 0 unspecified atom stereocenters. The molecule has 0 saturated carbocycles. The maximum atomic E-state index is 13.6. The summed E-state index contributed by atoms with van der Waals surface area (Å²) >= 11 is 2.79. The Kier molecular flexibility index (Phi) is 9.01. The summed E-state index contributed by atoms with van der Waals surface area (Å²) < 4.78 is 2.67. The topological polar surface area (TPSA) is 109 Å². The highest BCUT2D eigenvalue weighted by atomic mass is 32.1. The van der Waals surface area contributed by atoms with Crippen molar-refractivity contribution in [1.82, 2.24) is 24.3 Å². The van der Waals surface area contributed by atoms with Crippen molar-refractivity contribution in [2.45, 2.75) is 26.9 Å². The van der Waals surface area contributed by atoms with Gasteiger partial charge in [0.25, 0.3) is 5.91 Å². The summed E-state index contributed by atoms with van der Waals surface area (Å²) in [4.78, 5) is 53.8. The number of hydrogen-bond donors (Lipinski definition) is 1. The Morgan fingerprint density at radius 2 is 1.53 bits per heavy atom. The fraction of sp³-hybridized carbons (Fsp3) is 0.175. The van der Waals surface area contributed by atoms with E-state index >= 15 is 0 Å². The smallest absolute Gasteiger partial charge is 0.346 e. The fourth-order valence-electron chi connectivity index (χ4n) is 6.47. The maximum absolute atomic E-state index is 13.6. The van der Waals surface area contributed by atoms with Crippen molar-refractivity contribution in [3.8, 4) is 33.0 Å². The summed E-state index contributed by atoms with van der Waals surface area (Å²) in [6, 6.07) is 28.9. The quantitative estimate of drug-likeness (QED) is 0.161. The van der Waals surface area contributed by atoms with Crippen molar-refractivity contribution in [1.29, 1.82) is 0 Å². The van der Waals surface area contributed by atoms with Crippen LogP contribution < -0.4 is 0 Å². The van der Waals surface area contributed by atoms with Crippen LogP contribution in [0.2, 0.25) is 0 Å². The van der Waals surface area contributed by atoms with Gasteiger partial charge in [0.15, 0.2) is 0 Å². The predicted molar refractivity (Wildman–Crippen MR) is 204 cm³/mol. The lowest BCUT2D eigenvalue weighted by Crippen LogP contribution is -2.28. The molecule has 7 rings (SSSR count). The number of fused-ring (bicyclic) bond motifs is 2. The molecule has 7 aromatic rings. The number of aromatic nitrogens is 3. The second-order valence-electron chi connectivity index (χ2n) is 12.6. The van der Waals surface area contributed by atoms with Gasteiger partial charge in [-0.2, -0.15) is 0 Å². The summed E-state index contributed by atoms with van der Waals surface area (Å²) in [5.41, 5.74) is 7.59. The lowest BCUT2D eigenvalue weighted by Gasteiger charge is -2.20. The number of likely N-dealkylation sites (N-methyl/N-ethyl adjacent to an activating group) is 1. The SMILES string of the molecule is Cc1nc(C)c(-c2ccc3cc(-c4c(-c5ccccc5)c5sc(C(=O)O)c(CN(C)C(=O)c6ccccc6)c5n4CC(=O)N(C)C)ccc3n2)s1. The Balaban J connectivity index is 1.47. The normalized spacial score (nSPS) is 11.3. The van der Waals surface area contributed by atoms with Crippen LogP contribution in [0.5, 0.6) is 0 Å². The Hall–Kier alpha value is -5.65. The number of benzene rings is 3. The molecule has 4 heterocycles. The van der Waals surface area contributed by atoms with Gasteiger partial charge in [0.2, 0.25) is 5.91 Å². The molecule has 51 heavy (non-hydrogen) atoms. The van der Waals surface area contributed by atoms with Crippen molar-refractivity contribution in [2.75, 3.05) is 21.1 Å². The number of pyridine rings is 1. The molecule has 0 saturated heterocycles. The van der Waals surface area contributed by atoms with Gasteiger partial charge in [0.1, 0.15) is 11.4 Å². The first-order valence-electron chi connectivity index (χ1n) is 16.3. The van der Waals surface area contributed by atoms with Gasteiger partial charge in [0.05, 0.1) is 42.7 Å². The van der Waals surface area contributed by atoms with Gasteiger partial charge in [0, 0.05) is 49.8 Å². The van der Waals surface area contributed by atoms with E-state index in [1.165, 1.54) is 21.1 Å². The number of aromatic carboxylic acids is 1. The van der Waals surface area contributed by atoms with Crippen LogP contribution in [-0.2, 0) is 17.9 Å². The summed E-state index contributed by atoms with van der Waals surface area (Å²) in [7, 11) is 5.08. The Morgan fingerprint density at radius 1 is 0.824 bits per heavy atom. The van der Waals surface area contributed by atoms with Crippen LogP contribution in [0.15, 0.2) is 91.0 Å². The van der Waals surface area contributed by atoms with Crippen LogP contribution in [0.4, 0.5) is 0 Å². The van der Waals surface area contributed by atoms with Gasteiger partial charge < -0.3 is 19.5 Å². The zero-order chi connectivity index (χ0) is 36.0. The molecule has 9 nitrogen and oxygen atoms in total. The molecule has 0 atom stereocenters. The molecule has 1 N–H and O–H groups in total. The number of carboxylic acid groups (broad SMARTS) is 1. The first-order chi connectivity index (χ1) is 24.5. The van der Waals surface area contributed by atoms with Crippen molar-refractivity contribution in [2.24, 2.45) is 0 Å². The second kappa shape index (κ2) is 13.6. The van der Waals surface area contributed by atoms with E-state index in [0.29, 0.717) is 16.6 Å². The second-order valence-corrected chi connectivity index (χ2v) is 14.9. The zero-order valence-electron chi connectivity index (χ0n) is 28.8. The lowest BCUT2D eigenvalue weighted by molar-refractivity contribution is -0.129. The maximum Gasteiger partial charge on any atom is 0.346 e. The molecule has 4 aromatic heterocycles. The zero-order valence-corrected chi connectivity index (χ0v) is 30.4. The van der Waals surface area contributed by atoms with Crippen LogP contribution in [0.25, 0.3) is 54.1 Å². The summed E-state index contributed by atoms with van der Waals surface area (Å²) in [5, 5.41) is 12.4. The Morgan fingerprint density at radius 3 is 2.18 bits per heavy atom. The van der Waals surface area contributed by atoms with Crippen LogP contribution in [-0.4, -0.2) is 68.4 Å². The largest absolute Gasteiger partial charge is 0.477 e. The number of hydrogen-bond acceptors (Lipinski definition) is 7. The highest BCUT2D eigenvalue weighted by molar-refractivity contribution is 7.21. The molecule has 0 aliphatic heterocycles. The highest BCUT2D eigenvalue weighted by Gasteiger charge is 2.31. The third-order valence-corrected chi connectivity index (χ3v) is 11.2. The van der Waals surface area contributed by atoms with Crippen molar-refractivity contribution >= 4 is 61.6 Å². The number of carbonyl (C=O) groups excluding carboxylic acids is 2. The average molecular weight is 714 g/mol. The first-order valence-corrected chi connectivity index (χ1v) is 18.0. The molecule has 0 bridgehead atoms. The number of nitrogens with zero attached hydrogens (tertiary/aromatic N) is 5. The van der Waals surface area contributed by atoms with Gasteiger partial charge >= 0.3 is 5.97 Å². The van der Waals surface area contributed by atoms with E-state index in [4.69, 9.17) is 4.98 Å². The Labute approximate surface area is 303 Å². The molecule has 256 valence electrons. The minimum Gasteiger partial charge on any atom is -0.477 e. The van der Waals surface area contributed by atoms with Crippen LogP contribution >= 0.6 is 22.7 Å². The number of carboxylic acids is 1. The monoisotopic (exact) mass is 713 g/mol. The van der Waals surface area contributed by atoms with Crippen LogP contribution in [0.3, 0.4) is 0 Å². The molecular weight excluding hydrogens is 679 g/mol. The number of thiazole rings is 1. The lowest BCUT2D eigenvalue weighted by atomic mass is 9.99. The molecule has 11 heteroatoms. The third kappa shape index (κ3) is 6.30. The molecular formula is C40H35N5O4S2. The molecule has 2 amide bonds. The van der Waals surface area contributed by atoms with E-state index in [1.807, 2.05) is 73.0 Å². The third-order valence-electron chi connectivity index (χ3n) is 8.89. The number of rotatable bonds is 9. The van der Waals surface area contributed by atoms with Crippen molar-refractivity contribution in [3.63, 3.8) is 0 Å². The number of thiophene rings is 1. The van der Waals surface area contributed by atoms with Crippen LogP contribution in [0, 0.1) is 13.8 Å². The van der Waals surface area contributed by atoms with Crippen molar-refractivity contribution in [3.05, 3.63) is 118 Å². The predicted octanol–water partition coefficient (Wildman–Crippen LogP) is 8.38. The molecule has 0 aliphatic carbocycles.